The molecule has 0 unspecified atom stereocenters. The summed E-state index contributed by atoms with van der Waals surface area (Å²) >= 11 is 1.53. The molecule has 3 rings (SSSR count). The zero-order chi connectivity index (χ0) is 18.5. The zero-order valence-corrected chi connectivity index (χ0v) is 15.9. The number of nitrogens with one attached hydrogen (secondary N) is 1. The maximum absolute atomic E-state index is 12.6. The lowest BCUT2D eigenvalue weighted by Gasteiger charge is -2.19. The SMILES string of the molecule is CCC[C@@H](NC(=O)Cn1cnc2sc(CC)cc2c1=O)c1ccccc1. The summed E-state index contributed by atoms with van der Waals surface area (Å²) in [5.74, 6) is -0.179. The van der Waals surface area contributed by atoms with Crippen molar-refractivity contribution < 1.29 is 4.79 Å². The first kappa shape index (κ1) is 18.3. The molecule has 0 spiro atoms. The first-order chi connectivity index (χ1) is 12.6. The van der Waals surface area contributed by atoms with Crippen LogP contribution in [0.5, 0.6) is 0 Å². The molecule has 6 heteroatoms. The highest BCUT2D eigenvalue weighted by Gasteiger charge is 2.15. The predicted molar refractivity (Wildman–Crippen MR) is 105 cm³/mol. The third-order valence-corrected chi connectivity index (χ3v) is 5.53. The molecule has 1 amide bonds. The van der Waals surface area contributed by atoms with E-state index < -0.39 is 0 Å². The molecule has 1 aromatic carbocycles. The molecule has 0 aliphatic heterocycles. The number of nitrogens with zero attached hydrogens (tertiary/aromatic N) is 2. The second-order valence-electron chi connectivity index (χ2n) is 6.28. The molecule has 26 heavy (non-hydrogen) atoms. The Labute approximate surface area is 156 Å². The van der Waals surface area contributed by atoms with Crippen LogP contribution in [0.1, 0.15) is 43.2 Å². The summed E-state index contributed by atoms with van der Waals surface area (Å²) in [4.78, 5) is 31.3. The van der Waals surface area contributed by atoms with Gasteiger partial charge in [0.1, 0.15) is 11.4 Å². The number of rotatable bonds is 7. The van der Waals surface area contributed by atoms with Crippen LogP contribution in [0.25, 0.3) is 10.2 Å². The van der Waals surface area contributed by atoms with E-state index in [0.717, 1.165) is 34.5 Å². The molecule has 0 aliphatic carbocycles. The minimum Gasteiger partial charge on any atom is -0.348 e. The van der Waals surface area contributed by atoms with E-state index in [0.29, 0.717) is 5.39 Å². The Kier molecular flexibility index (Phi) is 5.83. The number of hydrogen-bond acceptors (Lipinski definition) is 4. The summed E-state index contributed by atoms with van der Waals surface area (Å²) in [6.45, 7) is 4.12. The number of amides is 1. The van der Waals surface area contributed by atoms with Gasteiger partial charge in [-0.15, -0.1) is 11.3 Å². The number of fused-ring (bicyclic) bond motifs is 1. The molecular weight excluding hydrogens is 346 g/mol. The Morgan fingerprint density at radius 3 is 2.73 bits per heavy atom. The largest absolute Gasteiger partial charge is 0.348 e. The fraction of sp³-hybridized carbons (Fsp3) is 0.350. The standard InChI is InChI=1S/C20H23N3O2S/c1-3-8-17(14-9-6-5-7-10-14)22-18(24)12-23-13-21-19-16(20(23)25)11-15(4-2)26-19/h5-7,9-11,13,17H,3-4,8,12H2,1-2H3,(H,22,24)/t17-/m1/s1. The normalized spacial score (nSPS) is 12.2. The minimum atomic E-state index is -0.179. The Bertz CT molecular complexity index is 947. The second kappa shape index (κ2) is 8.27. The molecule has 1 atom stereocenters. The van der Waals surface area contributed by atoms with Crippen LogP contribution < -0.4 is 10.9 Å². The van der Waals surface area contributed by atoms with Crippen LogP contribution in [0.4, 0.5) is 0 Å². The van der Waals surface area contributed by atoms with Crippen LogP contribution in [0, 0.1) is 0 Å². The van der Waals surface area contributed by atoms with Crippen molar-refractivity contribution in [2.45, 2.75) is 45.7 Å². The number of carbonyl (C=O) groups is 1. The van der Waals surface area contributed by atoms with Crippen LogP contribution in [0.2, 0.25) is 0 Å². The Hall–Kier alpha value is -2.47. The lowest BCUT2D eigenvalue weighted by Crippen LogP contribution is -2.34. The molecule has 2 heterocycles. The zero-order valence-electron chi connectivity index (χ0n) is 15.1. The van der Waals surface area contributed by atoms with Crippen molar-refractivity contribution in [1.29, 1.82) is 0 Å². The van der Waals surface area contributed by atoms with Crippen molar-refractivity contribution >= 4 is 27.5 Å². The predicted octanol–water partition coefficient (Wildman–Crippen LogP) is 3.68. The first-order valence-electron chi connectivity index (χ1n) is 8.94. The fourth-order valence-electron chi connectivity index (χ4n) is 2.99. The van der Waals surface area contributed by atoms with Gasteiger partial charge in [-0.1, -0.05) is 50.6 Å². The molecule has 0 saturated carbocycles. The average molecular weight is 369 g/mol. The molecule has 1 N–H and O–H groups in total. The van der Waals surface area contributed by atoms with E-state index in [-0.39, 0.29) is 24.1 Å². The van der Waals surface area contributed by atoms with E-state index in [1.807, 2.05) is 43.3 Å². The van der Waals surface area contributed by atoms with E-state index in [1.165, 1.54) is 22.2 Å². The summed E-state index contributed by atoms with van der Waals surface area (Å²) in [5, 5.41) is 3.64. The molecule has 5 nitrogen and oxygen atoms in total. The number of benzene rings is 1. The lowest BCUT2D eigenvalue weighted by atomic mass is 10.0. The van der Waals surface area contributed by atoms with Crippen LogP contribution in [0.15, 0.2) is 47.5 Å². The second-order valence-corrected chi connectivity index (χ2v) is 7.40. The maximum atomic E-state index is 12.6. The van der Waals surface area contributed by atoms with Gasteiger partial charge in [-0.25, -0.2) is 4.98 Å². The third-order valence-electron chi connectivity index (χ3n) is 4.35. The van der Waals surface area contributed by atoms with E-state index in [2.05, 4.69) is 17.2 Å². The fourth-order valence-corrected chi connectivity index (χ4v) is 3.91. The van der Waals surface area contributed by atoms with Gasteiger partial charge in [-0.3, -0.25) is 14.2 Å². The van der Waals surface area contributed by atoms with Crippen LogP contribution in [0.3, 0.4) is 0 Å². The van der Waals surface area contributed by atoms with Crippen molar-refractivity contribution in [3.8, 4) is 0 Å². The Morgan fingerprint density at radius 2 is 2.04 bits per heavy atom. The summed E-state index contributed by atoms with van der Waals surface area (Å²) in [5.41, 5.74) is 0.918. The van der Waals surface area contributed by atoms with E-state index in [1.54, 1.807) is 0 Å². The van der Waals surface area contributed by atoms with Gasteiger partial charge in [0.2, 0.25) is 5.91 Å². The summed E-state index contributed by atoms with van der Waals surface area (Å²) < 4.78 is 1.39. The van der Waals surface area contributed by atoms with E-state index in [9.17, 15) is 9.59 Å². The highest BCUT2D eigenvalue weighted by atomic mass is 32.1. The van der Waals surface area contributed by atoms with E-state index in [4.69, 9.17) is 0 Å². The number of carbonyl (C=O) groups excluding carboxylic acids is 1. The highest BCUT2D eigenvalue weighted by Crippen LogP contribution is 2.21. The van der Waals surface area contributed by atoms with Crippen molar-refractivity contribution in [3.63, 3.8) is 0 Å². The molecule has 0 radical (unpaired) electrons. The van der Waals surface area contributed by atoms with Crippen molar-refractivity contribution in [1.82, 2.24) is 14.9 Å². The van der Waals surface area contributed by atoms with Crippen molar-refractivity contribution in [2.24, 2.45) is 0 Å². The van der Waals surface area contributed by atoms with Gasteiger partial charge in [-0.05, 0) is 24.5 Å². The van der Waals surface area contributed by atoms with Crippen molar-refractivity contribution in [2.75, 3.05) is 0 Å². The molecule has 136 valence electrons. The Morgan fingerprint density at radius 1 is 1.27 bits per heavy atom. The topological polar surface area (TPSA) is 64.0 Å². The van der Waals surface area contributed by atoms with Crippen LogP contribution >= 0.6 is 11.3 Å². The smallest absolute Gasteiger partial charge is 0.262 e. The summed E-state index contributed by atoms with van der Waals surface area (Å²) in [6, 6.07) is 11.8. The molecular formula is C20H23N3O2S. The Balaban J connectivity index is 1.77. The highest BCUT2D eigenvalue weighted by molar-refractivity contribution is 7.18. The van der Waals surface area contributed by atoms with Crippen LogP contribution in [-0.4, -0.2) is 15.5 Å². The number of aromatic nitrogens is 2. The molecule has 0 fully saturated rings. The lowest BCUT2D eigenvalue weighted by molar-refractivity contribution is -0.122. The molecule has 0 aliphatic rings. The quantitative estimate of drug-likeness (QED) is 0.691. The maximum Gasteiger partial charge on any atom is 0.262 e. The van der Waals surface area contributed by atoms with Gasteiger partial charge in [0.15, 0.2) is 0 Å². The van der Waals surface area contributed by atoms with Crippen LogP contribution in [-0.2, 0) is 17.8 Å². The molecule has 0 saturated heterocycles. The third kappa shape index (κ3) is 4.02. The molecule has 2 aromatic heterocycles. The summed E-state index contributed by atoms with van der Waals surface area (Å²) in [7, 11) is 0. The monoisotopic (exact) mass is 369 g/mol. The first-order valence-corrected chi connectivity index (χ1v) is 9.76. The van der Waals surface area contributed by atoms with Gasteiger partial charge >= 0.3 is 0 Å². The summed E-state index contributed by atoms with van der Waals surface area (Å²) in [6.07, 6.45) is 4.16. The van der Waals surface area contributed by atoms with E-state index >= 15 is 0 Å². The molecule has 0 bridgehead atoms. The van der Waals surface area contributed by atoms with Gasteiger partial charge < -0.3 is 5.32 Å². The molecule has 3 aromatic rings. The van der Waals surface area contributed by atoms with Gasteiger partial charge in [0.05, 0.1) is 17.8 Å². The average Bonchev–Trinajstić information content (AvgIpc) is 3.09. The number of aryl methyl sites for hydroxylation is 1. The minimum absolute atomic E-state index is 0.0217. The number of hydrogen-bond donors (Lipinski definition) is 1. The van der Waals surface area contributed by atoms with Gasteiger partial charge in [-0.2, -0.15) is 0 Å². The number of thiophene rings is 1. The van der Waals surface area contributed by atoms with Crippen molar-refractivity contribution in [3.05, 3.63) is 63.5 Å². The van der Waals surface area contributed by atoms with Gasteiger partial charge in [0, 0.05) is 4.88 Å². The van der Waals surface area contributed by atoms with Gasteiger partial charge in [0.25, 0.3) is 5.56 Å².